The van der Waals surface area contributed by atoms with Crippen LogP contribution in [-0.4, -0.2) is 10.2 Å². The van der Waals surface area contributed by atoms with Crippen molar-refractivity contribution in [3.63, 3.8) is 0 Å². The average Bonchev–Trinajstić information content (AvgIpc) is 3.28. The van der Waals surface area contributed by atoms with Crippen molar-refractivity contribution in [2.45, 2.75) is 32.0 Å². The van der Waals surface area contributed by atoms with E-state index in [1.54, 1.807) is 6.20 Å². The quantitative estimate of drug-likeness (QED) is 0.674. The van der Waals surface area contributed by atoms with Crippen LogP contribution in [0.3, 0.4) is 0 Å². The summed E-state index contributed by atoms with van der Waals surface area (Å²) in [5.41, 5.74) is 5.53. The number of rotatable bonds is 4. The van der Waals surface area contributed by atoms with Crippen molar-refractivity contribution < 1.29 is 13.2 Å². The summed E-state index contributed by atoms with van der Waals surface area (Å²) >= 11 is 0. The van der Waals surface area contributed by atoms with Gasteiger partial charge in [0.25, 0.3) is 0 Å². The summed E-state index contributed by atoms with van der Waals surface area (Å²) in [6.07, 6.45) is 0.846. The topological polar surface area (TPSA) is 40.7 Å². The molecule has 0 amide bonds. The number of aromatic nitrogens is 2. The Kier molecular flexibility index (Phi) is 4.18. The van der Waals surface area contributed by atoms with Gasteiger partial charge in [0, 0.05) is 17.8 Å². The smallest absolute Gasteiger partial charge is 0.381 e. The third kappa shape index (κ3) is 3.31. The Balaban J connectivity index is 1.50. The summed E-state index contributed by atoms with van der Waals surface area (Å²) in [6.45, 7) is 0.547. The highest BCUT2D eigenvalue weighted by Gasteiger charge is 2.30. The monoisotopic (exact) mass is 357 g/mol. The summed E-state index contributed by atoms with van der Waals surface area (Å²) in [7, 11) is 0. The van der Waals surface area contributed by atoms with E-state index in [9.17, 15) is 13.2 Å². The molecule has 0 aliphatic heterocycles. The standard InChI is InChI=1S/C20H18F3N3/c21-20(22,23)17-7-4-14(5-8-17)19-16(12-25-26-19)11-24-18-9-6-13-2-1-3-15(13)10-18/h4-10,12,24H,1-3,11H2,(H,25,26). The van der Waals surface area contributed by atoms with Crippen molar-refractivity contribution in [2.75, 3.05) is 5.32 Å². The molecular weight excluding hydrogens is 339 g/mol. The predicted octanol–water partition coefficient (Wildman–Crippen LogP) is 5.20. The van der Waals surface area contributed by atoms with Gasteiger partial charge in [0.1, 0.15) is 0 Å². The lowest BCUT2D eigenvalue weighted by Crippen LogP contribution is -2.04. The molecule has 0 fully saturated rings. The first-order valence-corrected chi connectivity index (χ1v) is 8.56. The first-order valence-electron chi connectivity index (χ1n) is 8.56. The average molecular weight is 357 g/mol. The number of fused-ring (bicyclic) bond motifs is 1. The Morgan fingerprint density at radius 1 is 1.00 bits per heavy atom. The van der Waals surface area contributed by atoms with Gasteiger partial charge in [-0.1, -0.05) is 18.2 Å². The van der Waals surface area contributed by atoms with Gasteiger partial charge >= 0.3 is 6.18 Å². The maximum absolute atomic E-state index is 12.7. The van der Waals surface area contributed by atoms with Crippen LogP contribution in [-0.2, 0) is 25.6 Å². The second-order valence-corrected chi connectivity index (χ2v) is 6.54. The first kappa shape index (κ1) is 16.7. The minimum Gasteiger partial charge on any atom is -0.381 e. The normalized spacial score (nSPS) is 13.7. The van der Waals surface area contributed by atoms with Crippen molar-refractivity contribution in [1.29, 1.82) is 0 Å². The van der Waals surface area contributed by atoms with Crippen LogP contribution in [0.4, 0.5) is 18.9 Å². The predicted molar refractivity (Wildman–Crippen MR) is 94.8 cm³/mol. The second kappa shape index (κ2) is 6.52. The fourth-order valence-corrected chi connectivity index (χ4v) is 3.40. The summed E-state index contributed by atoms with van der Waals surface area (Å²) in [6, 6.07) is 11.5. The van der Waals surface area contributed by atoms with Gasteiger partial charge in [0.15, 0.2) is 0 Å². The van der Waals surface area contributed by atoms with E-state index >= 15 is 0 Å². The van der Waals surface area contributed by atoms with Gasteiger partial charge in [0.05, 0.1) is 17.5 Å². The SMILES string of the molecule is FC(F)(F)c1ccc(-c2[nH]ncc2CNc2ccc3c(c2)CCC3)cc1. The van der Waals surface area contributed by atoms with E-state index in [2.05, 4.69) is 33.7 Å². The van der Waals surface area contributed by atoms with Crippen LogP contribution in [0.25, 0.3) is 11.3 Å². The number of nitrogens with zero attached hydrogens (tertiary/aromatic N) is 1. The van der Waals surface area contributed by atoms with E-state index in [0.717, 1.165) is 41.9 Å². The largest absolute Gasteiger partial charge is 0.416 e. The highest BCUT2D eigenvalue weighted by molar-refractivity contribution is 5.64. The van der Waals surface area contributed by atoms with Crippen LogP contribution in [0, 0.1) is 0 Å². The van der Waals surface area contributed by atoms with E-state index in [0.29, 0.717) is 12.1 Å². The maximum Gasteiger partial charge on any atom is 0.416 e. The van der Waals surface area contributed by atoms with Crippen LogP contribution in [0.15, 0.2) is 48.7 Å². The van der Waals surface area contributed by atoms with Crippen molar-refractivity contribution in [3.05, 3.63) is 70.9 Å². The molecule has 0 unspecified atom stereocenters. The van der Waals surface area contributed by atoms with E-state index in [4.69, 9.17) is 0 Å². The molecule has 1 heterocycles. The molecule has 0 saturated carbocycles. The number of hydrogen-bond donors (Lipinski definition) is 2. The number of aryl methyl sites for hydroxylation is 2. The van der Waals surface area contributed by atoms with Crippen LogP contribution < -0.4 is 5.32 Å². The van der Waals surface area contributed by atoms with Gasteiger partial charge in [-0.2, -0.15) is 18.3 Å². The van der Waals surface area contributed by atoms with E-state index in [1.165, 1.54) is 29.7 Å². The summed E-state index contributed by atoms with van der Waals surface area (Å²) in [5, 5.41) is 10.3. The zero-order valence-electron chi connectivity index (χ0n) is 14.0. The lowest BCUT2D eigenvalue weighted by Gasteiger charge is -2.10. The fourth-order valence-electron chi connectivity index (χ4n) is 3.40. The highest BCUT2D eigenvalue weighted by atomic mass is 19.4. The molecule has 0 saturated heterocycles. The molecule has 2 N–H and O–H groups in total. The van der Waals surface area contributed by atoms with Gasteiger partial charge in [0.2, 0.25) is 0 Å². The Bertz CT molecular complexity index is 911. The van der Waals surface area contributed by atoms with Crippen LogP contribution in [0.2, 0.25) is 0 Å². The molecule has 0 atom stereocenters. The van der Waals surface area contributed by atoms with Crippen molar-refractivity contribution in [3.8, 4) is 11.3 Å². The van der Waals surface area contributed by atoms with Crippen molar-refractivity contribution >= 4 is 5.69 Å². The molecule has 0 bridgehead atoms. The summed E-state index contributed by atoms with van der Waals surface area (Å²) in [4.78, 5) is 0. The minimum absolute atomic E-state index is 0.547. The van der Waals surface area contributed by atoms with Crippen LogP contribution in [0.1, 0.15) is 28.7 Å². The number of hydrogen-bond acceptors (Lipinski definition) is 2. The van der Waals surface area contributed by atoms with E-state index < -0.39 is 11.7 Å². The molecule has 0 radical (unpaired) electrons. The molecule has 2 aromatic carbocycles. The van der Waals surface area contributed by atoms with Crippen LogP contribution in [0.5, 0.6) is 0 Å². The molecular formula is C20H18F3N3. The third-order valence-electron chi connectivity index (χ3n) is 4.80. The Labute approximate surface area is 149 Å². The number of aromatic amines is 1. The molecule has 1 aliphatic carbocycles. The minimum atomic E-state index is -4.33. The number of alkyl halides is 3. The van der Waals surface area contributed by atoms with E-state index in [-0.39, 0.29) is 0 Å². The third-order valence-corrected chi connectivity index (χ3v) is 4.80. The van der Waals surface area contributed by atoms with Crippen LogP contribution >= 0.6 is 0 Å². The highest BCUT2D eigenvalue weighted by Crippen LogP contribution is 2.31. The molecule has 3 aromatic rings. The second-order valence-electron chi connectivity index (χ2n) is 6.54. The molecule has 1 aliphatic rings. The van der Waals surface area contributed by atoms with Gasteiger partial charge in [-0.15, -0.1) is 0 Å². The number of halogens is 3. The maximum atomic E-state index is 12.7. The molecule has 134 valence electrons. The van der Waals surface area contributed by atoms with Gasteiger partial charge in [-0.25, -0.2) is 0 Å². The Morgan fingerprint density at radius 2 is 1.77 bits per heavy atom. The molecule has 26 heavy (non-hydrogen) atoms. The number of benzene rings is 2. The molecule has 1 aromatic heterocycles. The molecule has 0 spiro atoms. The van der Waals surface area contributed by atoms with E-state index in [1.807, 2.05) is 0 Å². The van der Waals surface area contributed by atoms with Gasteiger partial charge < -0.3 is 5.32 Å². The fraction of sp³-hybridized carbons (Fsp3) is 0.250. The zero-order chi connectivity index (χ0) is 18.1. The Morgan fingerprint density at radius 3 is 2.54 bits per heavy atom. The van der Waals surface area contributed by atoms with Gasteiger partial charge in [-0.3, -0.25) is 5.10 Å². The number of anilines is 1. The molecule has 4 rings (SSSR count). The van der Waals surface area contributed by atoms with Crippen molar-refractivity contribution in [2.24, 2.45) is 0 Å². The first-order chi connectivity index (χ1) is 12.5. The summed E-state index contributed by atoms with van der Waals surface area (Å²) in [5.74, 6) is 0. The lowest BCUT2D eigenvalue weighted by molar-refractivity contribution is -0.137. The molecule has 3 nitrogen and oxygen atoms in total. The lowest BCUT2D eigenvalue weighted by atomic mass is 10.1. The molecule has 6 heteroatoms. The number of H-pyrrole nitrogens is 1. The summed E-state index contributed by atoms with van der Waals surface area (Å²) < 4.78 is 38.1. The Hall–Kier alpha value is -2.76. The number of nitrogens with one attached hydrogen (secondary N) is 2. The zero-order valence-corrected chi connectivity index (χ0v) is 14.0. The van der Waals surface area contributed by atoms with Gasteiger partial charge in [-0.05, 0) is 60.2 Å². The van der Waals surface area contributed by atoms with Crippen molar-refractivity contribution in [1.82, 2.24) is 10.2 Å².